The van der Waals surface area contributed by atoms with Crippen molar-refractivity contribution in [2.24, 2.45) is 5.92 Å². The third-order valence-electron chi connectivity index (χ3n) is 4.16. The van der Waals surface area contributed by atoms with Crippen molar-refractivity contribution in [1.82, 2.24) is 25.1 Å². The van der Waals surface area contributed by atoms with Gasteiger partial charge in [0.2, 0.25) is 11.7 Å². The lowest BCUT2D eigenvalue weighted by atomic mass is 10.1. The second kappa shape index (κ2) is 6.59. The van der Waals surface area contributed by atoms with Gasteiger partial charge >= 0.3 is 0 Å². The van der Waals surface area contributed by atoms with Crippen molar-refractivity contribution in [3.8, 4) is 11.4 Å². The van der Waals surface area contributed by atoms with Gasteiger partial charge in [0.15, 0.2) is 0 Å². The summed E-state index contributed by atoms with van der Waals surface area (Å²) in [7, 11) is 0. The molecule has 0 saturated carbocycles. The Morgan fingerprint density at radius 1 is 1.23 bits per heavy atom. The van der Waals surface area contributed by atoms with Crippen molar-refractivity contribution in [1.29, 1.82) is 0 Å². The topological polar surface area (TPSA) is 100 Å². The predicted octanol–water partition coefficient (Wildman–Crippen LogP) is 3.09. The van der Waals surface area contributed by atoms with Crippen molar-refractivity contribution in [3.05, 3.63) is 64.2 Å². The Hall–Kier alpha value is -3.22. The molecular weight excluding hydrogens is 330 g/mol. The molecule has 4 rings (SSSR count). The number of rotatable bonds is 5. The first-order chi connectivity index (χ1) is 12.6. The van der Waals surface area contributed by atoms with Crippen molar-refractivity contribution in [2.45, 2.75) is 26.7 Å². The fraction of sp³-hybridized carbons (Fsp3) is 0.263. The minimum atomic E-state index is -0.204. The van der Waals surface area contributed by atoms with Crippen molar-refractivity contribution >= 4 is 11.0 Å². The first-order valence-electron chi connectivity index (χ1n) is 8.56. The molecule has 0 aliphatic heterocycles. The van der Waals surface area contributed by atoms with Gasteiger partial charge in [-0.3, -0.25) is 9.78 Å². The molecule has 4 heterocycles. The van der Waals surface area contributed by atoms with Crippen molar-refractivity contribution in [3.63, 3.8) is 0 Å². The smallest absolute Gasteiger partial charge is 0.259 e. The molecular formula is C19H19N5O2. The van der Waals surface area contributed by atoms with Crippen LogP contribution < -0.4 is 5.56 Å². The molecule has 7 heteroatoms. The van der Waals surface area contributed by atoms with Crippen LogP contribution in [0.5, 0.6) is 0 Å². The molecule has 0 radical (unpaired) electrons. The number of pyridine rings is 2. The number of aromatic nitrogens is 5. The lowest BCUT2D eigenvalue weighted by Gasteiger charge is -2.04. The molecule has 2 N–H and O–H groups in total. The third kappa shape index (κ3) is 3.15. The summed E-state index contributed by atoms with van der Waals surface area (Å²) in [5.74, 6) is 1.21. The molecule has 7 nitrogen and oxygen atoms in total. The Morgan fingerprint density at radius 3 is 2.92 bits per heavy atom. The monoisotopic (exact) mass is 349 g/mol. The molecule has 26 heavy (non-hydrogen) atoms. The van der Waals surface area contributed by atoms with E-state index in [1.165, 1.54) is 0 Å². The number of H-pyrrole nitrogens is 2. The Labute approximate surface area is 149 Å². The van der Waals surface area contributed by atoms with Crippen molar-refractivity contribution in [2.75, 3.05) is 0 Å². The fourth-order valence-corrected chi connectivity index (χ4v) is 2.99. The van der Waals surface area contributed by atoms with E-state index in [0.29, 0.717) is 29.6 Å². The molecule has 0 spiro atoms. The van der Waals surface area contributed by atoms with E-state index in [1.807, 2.05) is 24.4 Å². The Bertz CT molecular complexity index is 1110. The minimum Gasteiger partial charge on any atom is -0.360 e. The normalized spacial score (nSPS) is 11.5. The zero-order valence-corrected chi connectivity index (χ0v) is 14.6. The molecule has 0 aliphatic carbocycles. The summed E-state index contributed by atoms with van der Waals surface area (Å²) in [4.78, 5) is 27.1. The van der Waals surface area contributed by atoms with Crippen molar-refractivity contribution < 1.29 is 4.52 Å². The quantitative estimate of drug-likeness (QED) is 0.577. The van der Waals surface area contributed by atoms with Gasteiger partial charge in [-0.25, -0.2) is 0 Å². The van der Waals surface area contributed by atoms with Crippen LogP contribution in [0.2, 0.25) is 0 Å². The highest BCUT2D eigenvalue weighted by molar-refractivity contribution is 5.78. The molecule has 0 aromatic carbocycles. The van der Waals surface area contributed by atoms with Crippen LogP contribution in [0.15, 0.2) is 46.0 Å². The SMILES string of the molecule is CC(C)Cc1ccc(-c2noc(Cc3c[nH]c4cccnc34)n2)c(=O)[nH]1. The number of hydrogen-bond acceptors (Lipinski definition) is 5. The van der Waals surface area contributed by atoms with E-state index < -0.39 is 0 Å². The maximum Gasteiger partial charge on any atom is 0.259 e. The summed E-state index contributed by atoms with van der Waals surface area (Å²) in [6, 6.07) is 7.49. The average molecular weight is 349 g/mol. The van der Waals surface area contributed by atoms with Crippen LogP contribution in [0, 0.1) is 5.92 Å². The average Bonchev–Trinajstić information content (AvgIpc) is 3.23. The van der Waals surface area contributed by atoms with Crippen LogP contribution in [0.1, 0.15) is 31.0 Å². The van der Waals surface area contributed by atoms with Crippen LogP contribution in [0.25, 0.3) is 22.4 Å². The Balaban J connectivity index is 1.59. The van der Waals surface area contributed by atoms with E-state index in [9.17, 15) is 4.79 Å². The molecule has 0 fully saturated rings. The predicted molar refractivity (Wildman–Crippen MR) is 97.8 cm³/mol. The maximum absolute atomic E-state index is 12.3. The molecule has 0 aliphatic rings. The first kappa shape index (κ1) is 16.3. The summed E-state index contributed by atoms with van der Waals surface area (Å²) in [5, 5.41) is 3.96. The highest BCUT2D eigenvalue weighted by atomic mass is 16.5. The largest absolute Gasteiger partial charge is 0.360 e. The summed E-state index contributed by atoms with van der Waals surface area (Å²) in [5.41, 5.74) is 3.91. The molecule has 0 atom stereocenters. The van der Waals surface area contributed by atoms with Gasteiger partial charge in [0, 0.05) is 23.7 Å². The molecule has 0 saturated heterocycles. The molecule has 0 unspecified atom stereocenters. The molecule has 0 amide bonds. The lowest BCUT2D eigenvalue weighted by Crippen LogP contribution is -2.13. The molecule has 4 aromatic rings. The number of fused-ring (bicyclic) bond motifs is 1. The highest BCUT2D eigenvalue weighted by Gasteiger charge is 2.15. The molecule has 0 bridgehead atoms. The fourth-order valence-electron chi connectivity index (χ4n) is 2.99. The second-order valence-electron chi connectivity index (χ2n) is 6.73. The van der Waals surface area contributed by atoms with Gasteiger partial charge < -0.3 is 14.5 Å². The zero-order chi connectivity index (χ0) is 18.1. The van der Waals surface area contributed by atoms with E-state index in [0.717, 1.165) is 28.7 Å². The van der Waals surface area contributed by atoms with Crippen LogP contribution in [-0.2, 0) is 12.8 Å². The lowest BCUT2D eigenvalue weighted by molar-refractivity contribution is 0.386. The van der Waals surface area contributed by atoms with Gasteiger partial charge in [-0.2, -0.15) is 4.98 Å². The zero-order valence-electron chi connectivity index (χ0n) is 14.6. The van der Waals surface area contributed by atoms with Gasteiger partial charge in [-0.1, -0.05) is 19.0 Å². The van der Waals surface area contributed by atoms with Crippen LogP contribution >= 0.6 is 0 Å². The van der Waals surface area contributed by atoms with Crippen LogP contribution in [0.4, 0.5) is 0 Å². The van der Waals surface area contributed by atoms with Gasteiger partial charge in [-0.15, -0.1) is 0 Å². The van der Waals surface area contributed by atoms with Gasteiger partial charge in [0.25, 0.3) is 5.56 Å². The Morgan fingerprint density at radius 2 is 2.12 bits per heavy atom. The summed E-state index contributed by atoms with van der Waals surface area (Å²) >= 11 is 0. The summed E-state index contributed by atoms with van der Waals surface area (Å²) in [6.45, 7) is 4.22. The van der Waals surface area contributed by atoms with E-state index in [4.69, 9.17) is 4.52 Å². The number of hydrogen-bond donors (Lipinski definition) is 2. The van der Waals surface area contributed by atoms with Gasteiger partial charge in [0.1, 0.15) is 0 Å². The molecule has 132 valence electrons. The van der Waals surface area contributed by atoms with E-state index in [1.54, 1.807) is 12.3 Å². The third-order valence-corrected chi connectivity index (χ3v) is 4.16. The highest BCUT2D eigenvalue weighted by Crippen LogP contribution is 2.19. The number of nitrogens with zero attached hydrogens (tertiary/aromatic N) is 3. The summed E-state index contributed by atoms with van der Waals surface area (Å²) in [6.07, 6.45) is 4.90. The van der Waals surface area contributed by atoms with E-state index in [-0.39, 0.29) is 5.56 Å². The first-order valence-corrected chi connectivity index (χ1v) is 8.56. The number of aromatic amines is 2. The standard InChI is InChI=1S/C19H19N5O2/c1-11(2)8-13-5-6-14(19(25)22-13)18-23-16(26-24-18)9-12-10-21-15-4-3-7-20-17(12)15/h3-7,10-11,21H,8-9H2,1-2H3,(H,22,25). The molecule has 4 aromatic heterocycles. The Kier molecular flexibility index (Phi) is 4.12. The van der Waals surface area contributed by atoms with Crippen LogP contribution in [-0.4, -0.2) is 25.1 Å². The second-order valence-corrected chi connectivity index (χ2v) is 6.73. The maximum atomic E-state index is 12.3. The van der Waals surface area contributed by atoms with E-state index >= 15 is 0 Å². The van der Waals surface area contributed by atoms with Crippen LogP contribution in [0.3, 0.4) is 0 Å². The summed E-state index contributed by atoms with van der Waals surface area (Å²) < 4.78 is 5.34. The van der Waals surface area contributed by atoms with E-state index in [2.05, 4.69) is 38.9 Å². The number of nitrogens with one attached hydrogen (secondary N) is 2. The van der Waals surface area contributed by atoms with Gasteiger partial charge in [-0.05, 0) is 36.6 Å². The van der Waals surface area contributed by atoms with Gasteiger partial charge in [0.05, 0.1) is 23.0 Å². The minimum absolute atomic E-state index is 0.204.